The molecule has 66 valence electrons. The zero-order valence-electron chi connectivity index (χ0n) is 7.76. The minimum atomic E-state index is 0.228. The summed E-state index contributed by atoms with van der Waals surface area (Å²) in [4.78, 5) is 9.95. The standard InChI is InChI=1S/C10H14O2/c1-4-5-8-9(6-12-7-11)10(8,2)3/h7-9H,6H2,1-3H3. The molecule has 1 fully saturated rings. The summed E-state index contributed by atoms with van der Waals surface area (Å²) in [7, 11) is 0. The van der Waals surface area contributed by atoms with Crippen LogP contribution >= 0.6 is 0 Å². The van der Waals surface area contributed by atoms with E-state index in [1.807, 2.05) is 6.92 Å². The van der Waals surface area contributed by atoms with Crippen LogP contribution < -0.4 is 0 Å². The van der Waals surface area contributed by atoms with E-state index in [0.29, 0.717) is 24.9 Å². The van der Waals surface area contributed by atoms with Gasteiger partial charge in [-0.1, -0.05) is 19.8 Å². The van der Waals surface area contributed by atoms with Crippen LogP contribution in [0.15, 0.2) is 0 Å². The van der Waals surface area contributed by atoms with E-state index in [0.717, 1.165) is 0 Å². The second-order valence-corrected chi connectivity index (χ2v) is 3.73. The van der Waals surface area contributed by atoms with Gasteiger partial charge in [0.1, 0.15) is 0 Å². The number of hydrogen-bond donors (Lipinski definition) is 0. The Bertz CT molecular complexity index is 232. The third-order valence-electron chi connectivity index (χ3n) is 2.69. The van der Waals surface area contributed by atoms with E-state index >= 15 is 0 Å². The molecule has 2 unspecified atom stereocenters. The molecule has 0 aromatic heterocycles. The smallest absolute Gasteiger partial charge is 0.293 e. The van der Waals surface area contributed by atoms with Gasteiger partial charge in [0.25, 0.3) is 6.47 Å². The molecule has 1 saturated carbocycles. The molecule has 1 aliphatic rings. The molecule has 2 nitrogen and oxygen atoms in total. The minimum Gasteiger partial charge on any atom is -0.468 e. The van der Waals surface area contributed by atoms with E-state index in [1.165, 1.54) is 0 Å². The van der Waals surface area contributed by atoms with E-state index in [9.17, 15) is 4.79 Å². The van der Waals surface area contributed by atoms with Crippen molar-refractivity contribution in [3.8, 4) is 11.8 Å². The fourth-order valence-corrected chi connectivity index (χ4v) is 1.64. The van der Waals surface area contributed by atoms with Crippen LogP contribution in [-0.4, -0.2) is 13.1 Å². The van der Waals surface area contributed by atoms with Crippen LogP contribution in [0.3, 0.4) is 0 Å². The first-order valence-corrected chi connectivity index (χ1v) is 4.12. The number of hydrogen-bond acceptors (Lipinski definition) is 2. The Hall–Kier alpha value is -0.970. The highest BCUT2D eigenvalue weighted by molar-refractivity contribution is 5.37. The van der Waals surface area contributed by atoms with Crippen molar-refractivity contribution in [2.24, 2.45) is 17.3 Å². The molecule has 2 heteroatoms. The highest BCUT2D eigenvalue weighted by Gasteiger charge is 2.57. The van der Waals surface area contributed by atoms with Gasteiger partial charge in [0.15, 0.2) is 0 Å². The van der Waals surface area contributed by atoms with E-state index in [-0.39, 0.29) is 5.41 Å². The Morgan fingerprint density at radius 1 is 1.58 bits per heavy atom. The summed E-state index contributed by atoms with van der Waals surface area (Å²) in [5, 5.41) is 0. The highest BCUT2D eigenvalue weighted by Crippen LogP contribution is 2.57. The predicted molar refractivity (Wildman–Crippen MR) is 46.2 cm³/mol. The van der Waals surface area contributed by atoms with E-state index in [2.05, 4.69) is 25.7 Å². The van der Waals surface area contributed by atoms with Crippen LogP contribution in [0.1, 0.15) is 20.8 Å². The Balaban J connectivity index is 2.46. The fraction of sp³-hybridized carbons (Fsp3) is 0.700. The van der Waals surface area contributed by atoms with Gasteiger partial charge in [-0.25, -0.2) is 0 Å². The van der Waals surface area contributed by atoms with Gasteiger partial charge in [-0.3, -0.25) is 4.79 Å². The van der Waals surface area contributed by atoms with Gasteiger partial charge in [0, 0.05) is 11.8 Å². The van der Waals surface area contributed by atoms with Crippen LogP contribution in [0.4, 0.5) is 0 Å². The zero-order valence-corrected chi connectivity index (χ0v) is 7.76. The first-order chi connectivity index (χ1) is 5.64. The quantitative estimate of drug-likeness (QED) is 0.468. The minimum absolute atomic E-state index is 0.228. The summed E-state index contributed by atoms with van der Waals surface area (Å²) in [6.45, 7) is 7.16. The average molecular weight is 166 g/mol. The molecule has 1 rings (SSSR count). The number of rotatable bonds is 3. The molecular weight excluding hydrogens is 152 g/mol. The first-order valence-electron chi connectivity index (χ1n) is 4.12. The molecule has 0 saturated heterocycles. The van der Waals surface area contributed by atoms with Crippen molar-refractivity contribution in [1.29, 1.82) is 0 Å². The lowest BCUT2D eigenvalue weighted by atomic mass is 10.1. The largest absolute Gasteiger partial charge is 0.468 e. The summed E-state index contributed by atoms with van der Waals surface area (Å²) < 4.78 is 4.72. The van der Waals surface area contributed by atoms with Crippen molar-refractivity contribution in [3.63, 3.8) is 0 Å². The molecule has 1 aliphatic carbocycles. The molecule has 0 bridgehead atoms. The fourth-order valence-electron chi connectivity index (χ4n) is 1.64. The molecule has 0 aromatic carbocycles. The maximum atomic E-state index is 9.95. The summed E-state index contributed by atoms with van der Waals surface area (Å²) >= 11 is 0. The van der Waals surface area contributed by atoms with Crippen molar-refractivity contribution >= 4 is 6.47 Å². The lowest BCUT2D eigenvalue weighted by Gasteiger charge is -1.98. The number of ether oxygens (including phenoxy) is 1. The molecule has 0 radical (unpaired) electrons. The van der Waals surface area contributed by atoms with E-state index < -0.39 is 0 Å². The Labute approximate surface area is 73.3 Å². The summed E-state index contributed by atoms with van der Waals surface area (Å²) in [6, 6.07) is 0. The Morgan fingerprint density at radius 3 is 2.75 bits per heavy atom. The van der Waals surface area contributed by atoms with Gasteiger partial charge in [-0.05, 0) is 12.3 Å². The van der Waals surface area contributed by atoms with Gasteiger partial charge >= 0.3 is 0 Å². The second-order valence-electron chi connectivity index (χ2n) is 3.73. The van der Waals surface area contributed by atoms with Gasteiger partial charge in [-0.15, -0.1) is 5.92 Å². The van der Waals surface area contributed by atoms with Crippen molar-refractivity contribution in [1.82, 2.24) is 0 Å². The first kappa shape index (κ1) is 9.12. The third kappa shape index (κ3) is 1.45. The molecule has 0 aromatic rings. The van der Waals surface area contributed by atoms with Gasteiger partial charge in [0.2, 0.25) is 0 Å². The normalized spacial score (nSPS) is 29.9. The molecule has 2 atom stereocenters. The van der Waals surface area contributed by atoms with Crippen molar-refractivity contribution in [2.45, 2.75) is 20.8 Å². The third-order valence-corrected chi connectivity index (χ3v) is 2.69. The van der Waals surface area contributed by atoms with Crippen LogP contribution in [0.2, 0.25) is 0 Å². The predicted octanol–water partition coefficient (Wildman–Crippen LogP) is 1.45. The van der Waals surface area contributed by atoms with Gasteiger partial charge in [-0.2, -0.15) is 0 Å². The summed E-state index contributed by atoms with van der Waals surface area (Å²) in [5.41, 5.74) is 0.228. The zero-order chi connectivity index (χ0) is 9.19. The molecule has 0 spiro atoms. The maximum absolute atomic E-state index is 9.95. The van der Waals surface area contributed by atoms with Crippen LogP contribution in [-0.2, 0) is 9.53 Å². The number of carbonyl (C=O) groups is 1. The molecule has 0 heterocycles. The van der Waals surface area contributed by atoms with Gasteiger partial charge in [0.05, 0.1) is 6.61 Å². The Kier molecular flexibility index (Phi) is 2.42. The molecular formula is C10H14O2. The average Bonchev–Trinajstić information content (AvgIpc) is 2.51. The number of carbonyl (C=O) groups excluding carboxylic acids is 1. The second kappa shape index (κ2) is 3.18. The summed E-state index contributed by atoms with van der Waals surface area (Å²) in [6.07, 6.45) is 0. The summed E-state index contributed by atoms with van der Waals surface area (Å²) in [5.74, 6) is 6.85. The molecule has 0 N–H and O–H groups in total. The van der Waals surface area contributed by atoms with Crippen LogP contribution in [0.5, 0.6) is 0 Å². The van der Waals surface area contributed by atoms with Crippen molar-refractivity contribution < 1.29 is 9.53 Å². The maximum Gasteiger partial charge on any atom is 0.293 e. The SMILES string of the molecule is CC#CC1C(COC=O)C1(C)C. The Morgan fingerprint density at radius 2 is 2.25 bits per heavy atom. The highest BCUT2D eigenvalue weighted by atomic mass is 16.5. The van der Waals surface area contributed by atoms with E-state index in [4.69, 9.17) is 4.74 Å². The van der Waals surface area contributed by atoms with Crippen molar-refractivity contribution in [3.05, 3.63) is 0 Å². The topological polar surface area (TPSA) is 26.3 Å². The molecule has 12 heavy (non-hydrogen) atoms. The molecule has 0 aliphatic heterocycles. The van der Waals surface area contributed by atoms with Crippen LogP contribution in [0, 0.1) is 29.1 Å². The van der Waals surface area contributed by atoms with Crippen LogP contribution in [0.25, 0.3) is 0 Å². The monoisotopic (exact) mass is 166 g/mol. The lowest BCUT2D eigenvalue weighted by molar-refractivity contribution is -0.129. The van der Waals surface area contributed by atoms with Gasteiger partial charge < -0.3 is 4.74 Å². The van der Waals surface area contributed by atoms with E-state index in [1.54, 1.807) is 0 Å². The lowest BCUT2D eigenvalue weighted by Crippen LogP contribution is -1.99. The van der Waals surface area contributed by atoms with Crippen molar-refractivity contribution in [2.75, 3.05) is 6.61 Å². The molecule has 0 amide bonds.